The molecule has 0 unspecified atom stereocenters. The van der Waals surface area contributed by atoms with Crippen LogP contribution in [0.1, 0.15) is 11.1 Å². The van der Waals surface area contributed by atoms with Crippen molar-refractivity contribution in [1.82, 2.24) is 10.6 Å². The summed E-state index contributed by atoms with van der Waals surface area (Å²) in [6.07, 6.45) is 0. The Labute approximate surface area is 127 Å². The fourth-order valence-electron chi connectivity index (χ4n) is 1.61. The van der Waals surface area contributed by atoms with Gasteiger partial charge in [-0.15, -0.1) is 0 Å². The van der Waals surface area contributed by atoms with Gasteiger partial charge in [-0.2, -0.15) is 0 Å². The number of hydrogen-bond acceptors (Lipinski definition) is 4. The van der Waals surface area contributed by atoms with E-state index >= 15 is 0 Å². The van der Waals surface area contributed by atoms with Gasteiger partial charge in [0.05, 0.1) is 11.4 Å². The van der Waals surface area contributed by atoms with E-state index in [-0.39, 0.29) is 11.4 Å². The number of hydrogen-bond donors (Lipinski definition) is 4. The van der Waals surface area contributed by atoms with E-state index in [2.05, 4.69) is 21.3 Å². The van der Waals surface area contributed by atoms with Crippen LogP contribution >= 0.6 is 0 Å². The molecule has 0 saturated heterocycles. The van der Waals surface area contributed by atoms with Crippen LogP contribution in [0, 0.1) is 13.8 Å². The van der Waals surface area contributed by atoms with Gasteiger partial charge >= 0.3 is 23.6 Å². The molecule has 1 aromatic carbocycles. The van der Waals surface area contributed by atoms with E-state index in [1.807, 2.05) is 13.8 Å². The first-order valence-corrected chi connectivity index (χ1v) is 6.47. The van der Waals surface area contributed by atoms with E-state index in [1.54, 1.807) is 12.1 Å². The summed E-state index contributed by atoms with van der Waals surface area (Å²) in [6.45, 7) is 3.63. The van der Waals surface area contributed by atoms with Gasteiger partial charge in [0.1, 0.15) is 0 Å². The molecule has 22 heavy (non-hydrogen) atoms. The second-order valence-electron chi connectivity index (χ2n) is 4.55. The average Bonchev–Trinajstić information content (AvgIpc) is 2.50. The molecule has 0 spiro atoms. The number of benzene rings is 1. The second kappa shape index (κ2) is 7.21. The molecule has 8 heteroatoms. The van der Waals surface area contributed by atoms with E-state index in [4.69, 9.17) is 0 Å². The Kier molecular flexibility index (Phi) is 5.62. The first-order chi connectivity index (χ1) is 10.3. The van der Waals surface area contributed by atoms with E-state index in [0.29, 0.717) is 0 Å². The molecule has 4 N–H and O–H groups in total. The summed E-state index contributed by atoms with van der Waals surface area (Å²) in [4.78, 5) is 45.9. The molecule has 1 aromatic rings. The highest BCUT2D eigenvalue weighted by Crippen LogP contribution is 2.26. The Morgan fingerprint density at radius 2 is 1.00 bits per heavy atom. The number of carbonyl (C=O) groups excluding carboxylic acids is 4. The lowest BCUT2D eigenvalue weighted by Crippen LogP contribution is -2.34. The Morgan fingerprint density at radius 3 is 1.27 bits per heavy atom. The van der Waals surface area contributed by atoms with Crippen molar-refractivity contribution in [3.8, 4) is 0 Å². The van der Waals surface area contributed by atoms with Gasteiger partial charge in [0.15, 0.2) is 0 Å². The lowest BCUT2D eigenvalue weighted by Gasteiger charge is -2.14. The summed E-state index contributed by atoms with van der Waals surface area (Å²) in [6, 6.07) is 3.21. The standard InChI is InChI=1S/C14H18N4O4/c1-7-5-9(17-13(21)11(19)15-3)10(6-8(7)2)18-14(22)12(20)16-4/h5-6H,1-4H3,(H,15,19)(H,16,20)(H,17,21)(H,18,22). The number of carbonyl (C=O) groups is 4. The van der Waals surface area contributed by atoms with E-state index in [9.17, 15) is 19.2 Å². The zero-order chi connectivity index (χ0) is 16.9. The van der Waals surface area contributed by atoms with E-state index in [1.165, 1.54) is 14.1 Å². The number of aryl methyl sites for hydroxylation is 2. The molecule has 0 aliphatic heterocycles. The summed E-state index contributed by atoms with van der Waals surface area (Å²) in [5.74, 6) is -3.38. The molecular formula is C14H18N4O4. The highest BCUT2D eigenvalue weighted by molar-refractivity contribution is 6.41. The van der Waals surface area contributed by atoms with Crippen LogP contribution in [0.25, 0.3) is 0 Å². The molecule has 8 nitrogen and oxygen atoms in total. The van der Waals surface area contributed by atoms with Gasteiger partial charge in [0.25, 0.3) is 0 Å². The van der Waals surface area contributed by atoms with Gasteiger partial charge in [-0.3, -0.25) is 19.2 Å². The van der Waals surface area contributed by atoms with Crippen LogP contribution in [0.2, 0.25) is 0 Å². The molecule has 0 heterocycles. The van der Waals surface area contributed by atoms with Gasteiger partial charge < -0.3 is 21.3 Å². The largest absolute Gasteiger partial charge is 0.351 e. The van der Waals surface area contributed by atoms with Crippen molar-refractivity contribution in [3.63, 3.8) is 0 Å². The number of anilines is 2. The maximum atomic E-state index is 11.7. The van der Waals surface area contributed by atoms with Crippen molar-refractivity contribution < 1.29 is 19.2 Å². The van der Waals surface area contributed by atoms with Gasteiger partial charge in [0.2, 0.25) is 0 Å². The van der Waals surface area contributed by atoms with Gasteiger partial charge in [-0.25, -0.2) is 0 Å². The minimum Gasteiger partial charge on any atom is -0.351 e. The smallest absolute Gasteiger partial charge is 0.313 e. The summed E-state index contributed by atoms with van der Waals surface area (Å²) >= 11 is 0. The molecule has 0 bridgehead atoms. The number of rotatable bonds is 2. The molecule has 118 valence electrons. The maximum Gasteiger partial charge on any atom is 0.313 e. The van der Waals surface area contributed by atoms with Gasteiger partial charge in [-0.1, -0.05) is 0 Å². The van der Waals surface area contributed by atoms with Crippen LogP contribution in [0.4, 0.5) is 11.4 Å². The molecule has 0 atom stereocenters. The van der Waals surface area contributed by atoms with Crippen LogP contribution in [-0.4, -0.2) is 37.7 Å². The molecule has 4 amide bonds. The number of likely N-dealkylation sites (N-methyl/N-ethyl adjacent to an activating group) is 2. The first-order valence-electron chi connectivity index (χ1n) is 6.47. The summed E-state index contributed by atoms with van der Waals surface area (Å²) in [7, 11) is 2.66. The maximum absolute atomic E-state index is 11.7. The second-order valence-corrected chi connectivity index (χ2v) is 4.55. The molecule has 0 aliphatic rings. The quantitative estimate of drug-likeness (QED) is 0.560. The van der Waals surface area contributed by atoms with Crippen LogP contribution in [0.5, 0.6) is 0 Å². The van der Waals surface area contributed by atoms with Gasteiger partial charge in [0, 0.05) is 14.1 Å². The SMILES string of the molecule is CNC(=O)C(=O)Nc1cc(C)c(C)cc1NC(=O)C(=O)NC. The Bertz CT molecular complexity index is 585. The third kappa shape index (κ3) is 4.05. The minimum atomic E-state index is -0.874. The first kappa shape index (κ1) is 17.2. The van der Waals surface area contributed by atoms with E-state index < -0.39 is 23.6 Å². The highest BCUT2D eigenvalue weighted by Gasteiger charge is 2.18. The van der Waals surface area contributed by atoms with Crippen molar-refractivity contribution in [2.75, 3.05) is 24.7 Å². The number of nitrogens with one attached hydrogen (secondary N) is 4. The average molecular weight is 306 g/mol. The molecule has 0 saturated carbocycles. The van der Waals surface area contributed by atoms with Crippen molar-refractivity contribution in [3.05, 3.63) is 23.3 Å². The third-order valence-corrected chi connectivity index (χ3v) is 3.00. The predicted molar refractivity (Wildman–Crippen MR) is 81.3 cm³/mol. The Hall–Kier alpha value is -2.90. The zero-order valence-electron chi connectivity index (χ0n) is 12.8. The summed E-state index contributed by atoms with van der Waals surface area (Å²) in [5, 5.41) is 9.18. The van der Waals surface area contributed by atoms with Crippen LogP contribution in [0.3, 0.4) is 0 Å². The van der Waals surface area contributed by atoms with Crippen LogP contribution in [0.15, 0.2) is 12.1 Å². The molecule has 0 aromatic heterocycles. The number of amides is 4. The molecule has 1 rings (SSSR count). The molecular weight excluding hydrogens is 288 g/mol. The van der Waals surface area contributed by atoms with E-state index in [0.717, 1.165) is 11.1 Å². The Balaban J connectivity index is 3.12. The third-order valence-electron chi connectivity index (χ3n) is 3.00. The van der Waals surface area contributed by atoms with Crippen molar-refractivity contribution >= 4 is 35.0 Å². The molecule has 0 fully saturated rings. The monoisotopic (exact) mass is 306 g/mol. The van der Waals surface area contributed by atoms with Gasteiger partial charge in [-0.05, 0) is 37.1 Å². The van der Waals surface area contributed by atoms with Crippen LogP contribution < -0.4 is 21.3 Å². The van der Waals surface area contributed by atoms with Crippen molar-refractivity contribution in [2.24, 2.45) is 0 Å². The zero-order valence-corrected chi connectivity index (χ0v) is 12.8. The molecule has 0 aliphatic carbocycles. The summed E-state index contributed by atoms with van der Waals surface area (Å²) < 4.78 is 0. The highest BCUT2D eigenvalue weighted by atomic mass is 16.2. The molecule has 0 radical (unpaired) electrons. The Morgan fingerprint density at radius 1 is 0.682 bits per heavy atom. The topological polar surface area (TPSA) is 116 Å². The lowest BCUT2D eigenvalue weighted by atomic mass is 10.1. The fraction of sp³-hybridized carbons (Fsp3) is 0.286. The predicted octanol–water partition coefficient (Wildman–Crippen LogP) is -0.328. The summed E-state index contributed by atoms with van der Waals surface area (Å²) in [5.41, 5.74) is 2.17. The minimum absolute atomic E-state index is 0.231. The van der Waals surface area contributed by atoms with Crippen molar-refractivity contribution in [1.29, 1.82) is 0 Å². The fourth-order valence-corrected chi connectivity index (χ4v) is 1.61. The van der Waals surface area contributed by atoms with Crippen molar-refractivity contribution in [2.45, 2.75) is 13.8 Å². The lowest BCUT2D eigenvalue weighted by molar-refractivity contribution is -0.135. The normalized spacial score (nSPS) is 9.64. The van der Waals surface area contributed by atoms with Crippen LogP contribution in [-0.2, 0) is 19.2 Å².